The molecule has 198 valence electrons. The van der Waals surface area contributed by atoms with Gasteiger partial charge in [-0.15, -0.1) is 0 Å². The monoisotopic (exact) mass is 585 g/mol. The summed E-state index contributed by atoms with van der Waals surface area (Å²) in [6.07, 6.45) is 0.975. The third-order valence-corrected chi connectivity index (χ3v) is 8.13. The molecular formula is C31H28BrN3O4. The lowest BCUT2D eigenvalue weighted by Gasteiger charge is -2.36. The molecule has 0 fully saturated rings. The minimum atomic E-state index is -0.454. The van der Waals surface area contributed by atoms with Gasteiger partial charge < -0.3 is 19.9 Å². The summed E-state index contributed by atoms with van der Waals surface area (Å²) in [6, 6.07) is 21.1. The number of halogens is 1. The molecule has 3 aromatic carbocycles. The third-order valence-electron chi connectivity index (χ3n) is 7.64. The average Bonchev–Trinajstić information content (AvgIpc) is 3.29. The summed E-state index contributed by atoms with van der Waals surface area (Å²) in [5.41, 5.74) is 5.82. The predicted octanol–water partition coefficient (Wildman–Crippen LogP) is 6.62. The first kappa shape index (κ1) is 25.2. The zero-order valence-electron chi connectivity index (χ0n) is 21.9. The smallest absolute Gasteiger partial charge is 0.162 e. The van der Waals surface area contributed by atoms with Crippen molar-refractivity contribution < 1.29 is 19.4 Å². The Morgan fingerprint density at radius 3 is 2.51 bits per heavy atom. The fourth-order valence-corrected chi connectivity index (χ4v) is 6.22. The number of hydrogen-bond acceptors (Lipinski definition) is 6. The first-order valence-electron chi connectivity index (χ1n) is 12.8. The van der Waals surface area contributed by atoms with Crippen molar-refractivity contribution in [3.63, 3.8) is 0 Å². The Hall–Kier alpha value is -4.04. The number of phenolic OH excluding ortho intramolecular Hbond substituents is 1. The first-order valence-corrected chi connectivity index (χ1v) is 13.6. The van der Waals surface area contributed by atoms with Crippen LogP contribution in [0.4, 0.5) is 5.82 Å². The predicted molar refractivity (Wildman–Crippen MR) is 153 cm³/mol. The van der Waals surface area contributed by atoms with Gasteiger partial charge >= 0.3 is 0 Å². The number of methoxy groups -OCH3 is 2. The highest BCUT2D eigenvalue weighted by Gasteiger charge is 2.42. The van der Waals surface area contributed by atoms with E-state index in [-0.39, 0.29) is 17.5 Å². The number of ketones is 1. The molecular weight excluding hydrogens is 558 g/mol. The number of fused-ring (bicyclic) bond motifs is 1. The fraction of sp³-hybridized carbons (Fsp3) is 0.226. The van der Waals surface area contributed by atoms with Gasteiger partial charge in [0.05, 0.1) is 25.6 Å². The number of carbonyl (C=O) groups is 1. The number of nitrogens with zero attached hydrogens (tertiary/aromatic N) is 2. The van der Waals surface area contributed by atoms with Crippen molar-refractivity contribution in [2.24, 2.45) is 0 Å². The molecule has 0 bridgehead atoms. The lowest BCUT2D eigenvalue weighted by molar-refractivity contribution is -0.116. The number of aromatic hydroxyl groups is 1. The Bertz CT molecular complexity index is 1630. The summed E-state index contributed by atoms with van der Waals surface area (Å²) in [7, 11) is 3.22. The van der Waals surface area contributed by atoms with E-state index >= 15 is 0 Å². The van der Waals surface area contributed by atoms with E-state index in [1.165, 1.54) is 0 Å². The second-order valence-corrected chi connectivity index (χ2v) is 10.8. The maximum absolute atomic E-state index is 14.0. The molecule has 8 heteroatoms. The SMILES string of the molecule is COc1ccc([C@H]2CC(=O)C3=C(C2)Nc2c(c(C)nn2-c2ccccc2)[C@H]3c2cc(Br)ccc2O)cc1OC. The largest absolute Gasteiger partial charge is 0.508 e. The van der Waals surface area contributed by atoms with Crippen LogP contribution in [0.2, 0.25) is 0 Å². The second kappa shape index (κ2) is 9.93. The molecule has 0 spiro atoms. The van der Waals surface area contributed by atoms with E-state index in [0.29, 0.717) is 35.5 Å². The van der Waals surface area contributed by atoms with Gasteiger partial charge in [-0.3, -0.25) is 4.79 Å². The van der Waals surface area contributed by atoms with E-state index in [4.69, 9.17) is 14.6 Å². The number of nitrogens with one attached hydrogen (secondary N) is 1. The number of Topliss-reactive ketones (excluding diaryl/α,β-unsaturated/α-hetero) is 1. The van der Waals surface area contributed by atoms with Crippen LogP contribution >= 0.6 is 15.9 Å². The summed E-state index contributed by atoms with van der Waals surface area (Å²) in [5, 5.41) is 19.5. The van der Waals surface area contributed by atoms with Gasteiger partial charge in [-0.2, -0.15) is 5.10 Å². The van der Waals surface area contributed by atoms with Crippen LogP contribution in [-0.4, -0.2) is 34.9 Å². The van der Waals surface area contributed by atoms with E-state index in [0.717, 1.165) is 38.5 Å². The molecule has 0 amide bonds. The Balaban J connectivity index is 1.52. The third kappa shape index (κ3) is 4.29. The van der Waals surface area contributed by atoms with E-state index < -0.39 is 5.92 Å². The normalized spacial score (nSPS) is 18.3. The minimum Gasteiger partial charge on any atom is -0.508 e. The molecule has 2 heterocycles. The molecule has 2 atom stereocenters. The van der Waals surface area contributed by atoms with Crippen molar-refractivity contribution in [3.05, 3.63) is 105 Å². The number of ether oxygens (including phenoxy) is 2. The van der Waals surface area contributed by atoms with Crippen LogP contribution in [0.3, 0.4) is 0 Å². The molecule has 4 aromatic rings. The molecule has 0 radical (unpaired) electrons. The van der Waals surface area contributed by atoms with Crippen LogP contribution in [0, 0.1) is 6.92 Å². The molecule has 7 nitrogen and oxygen atoms in total. The Labute approximate surface area is 235 Å². The summed E-state index contributed by atoms with van der Waals surface area (Å²) in [5.74, 6) is 1.78. The van der Waals surface area contributed by atoms with Crippen molar-refractivity contribution in [3.8, 4) is 22.9 Å². The lowest BCUT2D eigenvalue weighted by atomic mass is 9.72. The van der Waals surface area contributed by atoms with E-state index in [2.05, 4.69) is 21.2 Å². The molecule has 2 N–H and O–H groups in total. The van der Waals surface area contributed by atoms with Crippen LogP contribution < -0.4 is 14.8 Å². The molecule has 0 unspecified atom stereocenters. The summed E-state index contributed by atoms with van der Waals surface area (Å²) >= 11 is 3.56. The maximum Gasteiger partial charge on any atom is 0.162 e. The average molecular weight is 586 g/mol. The topological polar surface area (TPSA) is 85.6 Å². The van der Waals surface area contributed by atoms with Gasteiger partial charge in [0.25, 0.3) is 0 Å². The maximum atomic E-state index is 14.0. The van der Waals surface area contributed by atoms with Crippen LogP contribution in [0.15, 0.2) is 82.5 Å². The van der Waals surface area contributed by atoms with E-state index in [9.17, 15) is 9.90 Å². The van der Waals surface area contributed by atoms with Crippen LogP contribution in [0.5, 0.6) is 17.2 Å². The van der Waals surface area contributed by atoms with Crippen molar-refractivity contribution >= 4 is 27.5 Å². The number of phenols is 1. The molecule has 1 aliphatic carbocycles. The van der Waals surface area contributed by atoms with Crippen molar-refractivity contribution in [2.75, 3.05) is 19.5 Å². The van der Waals surface area contributed by atoms with Gasteiger partial charge in [0.1, 0.15) is 11.6 Å². The Morgan fingerprint density at radius 1 is 1.00 bits per heavy atom. The Kier molecular flexibility index (Phi) is 6.43. The molecule has 39 heavy (non-hydrogen) atoms. The van der Waals surface area contributed by atoms with Gasteiger partial charge in [-0.05, 0) is 67.3 Å². The molecule has 6 rings (SSSR count). The molecule has 0 saturated heterocycles. The minimum absolute atomic E-state index is 0.0453. The zero-order valence-corrected chi connectivity index (χ0v) is 23.5. The van der Waals surface area contributed by atoms with Gasteiger partial charge in [0.15, 0.2) is 17.3 Å². The number of hydrogen-bond donors (Lipinski definition) is 2. The van der Waals surface area contributed by atoms with Gasteiger partial charge in [0, 0.05) is 39.2 Å². The fourth-order valence-electron chi connectivity index (χ4n) is 5.84. The molecule has 2 aliphatic rings. The van der Waals surface area contributed by atoms with E-state index in [1.807, 2.05) is 66.2 Å². The number of benzene rings is 3. The number of para-hydroxylation sites is 1. The quantitative estimate of drug-likeness (QED) is 0.273. The molecule has 0 saturated carbocycles. The van der Waals surface area contributed by atoms with Crippen molar-refractivity contribution in [2.45, 2.75) is 31.6 Å². The number of carbonyl (C=O) groups excluding carboxylic acids is 1. The Morgan fingerprint density at radius 2 is 1.77 bits per heavy atom. The number of aryl methyl sites for hydroxylation is 1. The molecule has 1 aliphatic heterocycles. The molecule has 1 aromatic heterocycles. The van der Waals surface area contributed by atoms with Gasteiger partial charge in [-0.1, -0.05) is 40.2 Å². The zero-order chi connectivity index (χ0) is 27.3. The summed E-state index contributed by atoms with van der Waals surface area (Å²) in [6.45, 7) is 1.95. The van der Waals surface area contributed by atoms with Gasteiger partial charge in [0.2, 0.25) is 0 Å². The van der Waals surface area contributed by atoms with Crippen molar-refractivity contribution in [1.29, 1.82) is 0 Å². The van der Waals surface area contributed by atoms with Crippen LogP contribution in [0.25, 0.3) is 5.69 Å². The second-order valence-electron chi connectivity index (χ2n) is 9.89. The highest BCUT2D eigenvalue weighted by molar-refractivity contribution is 9.10. The summed E-state index contributed by atoms with van der Waals surface area (Å²) in [4.78, 5) is 14.0. The van der Waals surface area contributed by atoms with Crippen molar-refractivity contribution in [1.82, 2.24) is 9.78 Å². The number of anilines is 1. The standard InChI is InChI=1S/C31H28BrN3O4/c1-17-28-29(22-16-20(32)10-11-24(22)36)30-23(33-31(28)35(34-17)21-7-5-4-6-8-21)13-19(14-25(30)37)18-9-12-26(38-2)27(15-18)39-3/h4-12,15-16,19,29,33,36H,13-14H2,1-3H3/t19-,29-/m1/s1. The van der Waals surface area contributed by atoms with Crippen LogP contribution in [0.1, 0.15) is 47.1 Å². The van der Waals surface area contributed by atoms with E-state index in [1.54, 1.807) is 26.4 Å². The highest BCUT2D eigenvalue weighted by Crippen LogP contribution is 2.51. The number of rotatable bonds is 5. The van der Waals surface area contributed by atoms with Crippen LogP contribution in [-0.2, 0) is 4.79 Å². The highest BCUT2D eigenvalue weighted by atomic mass is 79.9. The van der Waals surface area contributed by atoms with Gasteiger partial charge in [-0.25, -0.2) is 4.68 Å². The first-order chi connectivity index (χ1) is 18.9. The lowest BCUT2D eigenvalue weighted by Crippen LogP contribution is -2.30. The number of aromatic nitrogens is 2. The summed E-state index contributed by atoms with van der Waals surface area (Å²) < 4.78 is 13.7. The number of allylic oxidation sites excluding steroid dienone is 2.